The third-order valence-electron chi connectivity index (χ3n) is 4.15. The molecule has 7 heteroatoms. The number of likely N-dealkylation sites (N-methyl/N-ethyl adjacent to an activating group) is 1. The first kappa shape index (κ1) is 15.5. The van der Waals surface area contributed by atoms with Crippen molar-refractivity contribution in [3.05, 3.63) is 23.6 Å². The van der Waals surface area contributed by atoms with Crippen LogP contribution in [-0.4, -0.2) is 65.3 Å². The van der Waals surface area contributed by atoms with Crippen LogP contribution in [0.1, 0.15) is 22.7 Å². The number of rotatable bonds is 4. The van der Waals surface area contributed by atoms with Gasteiger partial charge in [0, 0.05) is 39.0 Å². The lowest BCUT2D eigenvalue weighted by atomic mass is 10.2. The molecule has 0 unspecified atom stereocenters. The van der Waals surface area contributed by atoms with Crippen molar-refractivity contribution in [1.82, 2.24) is 14.8 Å². The van der Waals surface area contributed by atoms with E-state index in [0.29, 0.717) is 36.1 Å². The lowest BCUT2D eigenvalue weighted by molar-refractivity contribution is -0.132. The molecule has 1 aromatic carbocycles. The van der Waals surface area contributed by atoms with E-state index in [9.17, 15) is 14.7 Å². The molecule has 1 aliphatic heterocycles. The molecule has 1 aromatic heterocycles. The Morgan fingerprint density at radius 1 is 1.35 bits per heavy atom. The van der Waals surface area contributed by atoms with Crippen LogP contribution in [0.3, 0.4) is 0 Å². The number of phenols is 1. The molecule has 1 aliphatic rings. The zero-order chi connectivity index (χ0) is 16.4. The van der Waals surface area contributed by atoms with Crippen LogP contribution in [0.15, 0.2) is 16.5 Å². The van der Waals surface area contributed by atoms with E-state index in [2.05, 4.69) is 9.88 Å². The molecule has 0 spiro atoms. The van der Waals surface area contributed by atoms with Gasteiger partial charge in [0.25, 0.3) is 0 Å². The molecule has 122 valence electrons. The van der Waals surface area contributed by atoms with Crippen LogP contribution in [-0.2, 0) is 11.2 Å². The number of aromatic nitrogens is 1. The summed E-state index contributed by atoms with van der Waals surface area (Å²) in [5.74, 6) is 0.357. The Labute approximate surface area is 133 Å². The lowest BCUT2D eigenvalue weighted by Gasteiger charge is -2.32. The maximum atomic E-state index is 12.2. The van der Waals surface area contributed by atoms with Gasteiger partial charge in [0.2, 0.25) is 5.91 Å². The lowest BCUT2D eigenvalue weighted by Crippen LogP contribution is -2.47. The molecule has 1 saturated heterocycles. The summed E-state index contributed by atoms with van der Waals surface area (Å²) >= 11 is 0. The number of carbonyl (C=O) groups is 2. The smallest absolute Gasteiger partial charge is 0.223 e. The number of aromatic hydroxyl groups is 1. The topological polar surface area (TPSA) is 86.9 Å². The van der Waals surface area contributed by atoms with Gasteiger partial charge in [-0.15, -0.1) is 0 Å². The Kier molecular flexibility index (Phi) is 4.29. The van der Waals surface area contributed by atoms with E-state index in [4.69, 9.17) is 4.42 Å². The Bertz CT molecular complexity index is 732. The minimum Gasteiger partial charge on any atom is -0.507 e. The maximum absolute atomic E-state index is 12.2. The Morgan fingerprint density at radius 2 is 2.09 bits per heavy atom. The summed E-state index contributed by atoms with van der Waals surface area (Å²) in [4.78, 5) is 31.5. The number of benzene rings is 1. The number of aryl methyl sites for hydroxylation is 1. The number of amides is 1. The number of aldehydes is 1. The SMILES string of the molecule is CN1CCN(C(=O)CCc2nc3c(C=O)c(O)ccc3o2)CC1. The standard InChI is InChI=1S/C16H19N3O4/c1-18-6-8-19(9-7-18)15(22)5-4-14-17-16-11(10-20)12(21)2-3-13(16)23-14/h2-3,10,21H,4-9H2,1H3. The van der Waals surface area contributed by atoms with E-state index < -0.39 is 0 Å². The number of oxazole rings is 1. The fraction of sp³-hybridized carbons (Fsp3) is 0.438. The Hall–Kier alpha value is -2.41. The van der Waals surface area contributed by atoms with Gasteiger partial charge >= 0.3 is 0 Å². The van der Waals surface area contributed by atoms with Crippen molar-refractivity contribution in [2.45, 2.75) is 12.8 Å². The average Bonchev–Trinajstić information content (AvgIpc) is 2.96. The highest BCUT2D eigenvalue weighted by Gasteiger charge is 2.20. The predicted molar refractivity (Wildman–Crippen MR) is 83.5 cm³/mol. The van der Waals surface area contributed by atoms with Crippen LogP contribution in [0, 0.1) is 0 Å². The van der Waals surface area contributed by atoms with Crippen LogP contribution in [0.5, 0.6) is 5.75 Å². The second kappa shape index (κ2) is 6.37. The number of hydrogen-bond donors (Lipinski definition) is 1. The highest BCUT2D eigenvalue weighted by Crippen LogP contribution is 2.26. The van der Waals surface area contributed by atoms with E-state index in [1.54, 1.807) is 6.07 Å². The van der Waals surface area contributed by atoms with E-state index in [0.717, 1.165) is 26.2 Å². The summed E-state index contributed by atoms with van der Waals surface area (Å²) in [6.45, 7) is 3.26. The van der Waals surface area contributed by atoms with Crippen molar-refractivity contribution in [3.63, 3.8) is 0 Å². The first-order valence-corrected chi connectivity index (χ1v) is 7.61. The highest BCUT2D eigenvalue weighted by atomic mass is 16.3. The number of phenolic OH excluding ortho intramolecular Hbond substituents is 1. The fourth-order valence-electron chi connectivity index (χ4n) is 2.70. The van der Waals surface area contributed by atoms with Gasteiger partial charge in [0.15, 0.2) is 17.8 Å². The van der Waals surface area contributed by atoms with Crippen molar-refractivity contribution in [3.8, 4) is 5.75 Å². The van der Waals surface area contributed by atoms with Crippen LogP contribution in [0.25, 0.3) is 11.1 Å². The fourth-order valence-corrected chi connectivity index (χ4v) is 2.70. The third-order valence-corrected chi connectivity index (χ3v) is 4.15. The van der Waals surface area contributed by atoms with Crippen LogP contribution < -0.4 is 0 Å². The second-order valence-electron chi connectivity index (χ2n) is 5.75. The van der Waals surface area contributed by atoms with Crippen LogP contribution in [0.4, 0.5) is 0 Å². The summed E-state index contributed by atoms with van der Waals surface area (Å²) in [6, 6.07) is 2.97. The molecular formula is C16H19N3O4. The van der Waals surface area contributed by atoms with E-state index >= 15 is 0 Å². The molecule has 0 bridgehead atoms. The monoisotopic (exact) mass is 317 g/mol. The number of hydrogen-bond acceptors (Lipinski definition) is 6. The zero-order valence-electron chi connectivity index (χ0n) is 13.0. The average molecular weight is 317 g/mol. The molecule has 0 aliphatic carbocycles. The number of nitrogens with zero attached hydrogens (tertiary/aromatic N) is 3. The minimum absolute atomic E-state index is 0.0822. The van der Waals surface area contributed by atoms with Crippen molar-refractivity contribution < 1.29 is 19.1 Å². The summed E-state index contributed by atoms with van der Waals surface area (Å²) in [5.41, 5.74) is 0.886. The van der Waals surface area contributed by atoms with Gasteiger partial charge in [-0.1, -0.05) is 0 Å². The zero-order valence-corrected chi connectivity index (χ0v) is 13.0. The van der Waals surface area contributed by atoms with Gasteiger partial charge in [0.05, 0.1) is 5.56 Å². The van der Waals surface area contributed by atoms with Gasteiger partial charge in [-0.05, 0) is 19.2 Å². The van der Waals surface area contributed by atoms with E-state index in [1.165, 1.54) is 6.07 Å². The maximum Gasteiger partial charge on any atom is 0.223 e. The number of carbonyl (C=O) groups excluding carboxylic acids is 2. The molecule has 1 fully saturated rings. The first-order chi connectivity index (χ1) is 11.1. The van der Waals surface area contributed by atoms with Crippen molar-refractivity contribution >= 4 is 23.3 Å². The van der Waals surface area contributed by atoms with Gasteiger partial charge in [-0.2, -0.15) is 0 Å². The van der Waals surface area contributed by atoms with Crippen LogP contribution in [0.2, 0.25) is 0 Å². The molecule has 3 rings (SSSR count). The summed E-state index contributed by atoms with van der Waals surface area (Å²) in [7, 11) is 2.04. The summed E-state index contributed by atoms with van der Waals surface area (Å²) in [6.07, 6.45) is 1.25. The summed E-state index contributed by atoms with van der Waals surface area (Å²) < 4.78 is 5.56. The molecule has 1 amide bonds. The van der Waals surface area contributed by atoms with Crippen molar-refractivity contribution in [1.29, 1.82) is 0 Å². The molecule has 1 N–H and O–H groups in total. The largest absolute Gasteiger partial charge is 0.507 e. The Morgan fingerprint density at radius 3 is 2.78 bits per heavy atom. The summed E-state index contributed by atoms with van der Waals surface area (Å²) in [5, 5.41) is 9.65. The molecular weight excluding hydrogens is 298 g/mol. The van der Waals surface area contributed by atoms with Crippen molar-refractivity contribution in [2.75, 3.05) is 33.2 Å². The normalized spacial score (nSPS) is 16.0. The predicted octanol–water partition coefficient (Wildman–Crippen LogP) is 1.05. The molecule has 2 aromatic rings. The second-order valence-corrected chi connectivity index (χ2v) is 5.75. The Balaban J connectivity index is 1.67. The molecule has 0 radical (unpaired) electrons. The van der Waals surface area contributed by atoms with Gasteiger partial charge in [0.1, 0.15) is 11.3 Å². The van der Waals surface area contributed by atoms with Crippen LogP contribution >= 0.6 is 0 Å². The molecule has 0 saturated carbocycles. The molecule has 7 nitrogen and oxygen atoms in total. The van der Waals surface area contributed by atoms with Crippen molar-refractivity contribution in [2.24, 2.45) is 0 Å². The third kappa shape index (κ3) is 3.19. The highest BCUT2D eigenvalue weighted by molar-refractivity contribution is 5.96. The first-order valence-electron chi connectivity index (χ1n) is 7.61. The van der Waals surface area contributed by atoms with E-state index in [-0.39, 0.29) is 17.2 Å². The minimum atomic E-state index is -0.124. The molecule has 2 heterocycles. The quantitative estimate of drug-likeness (QED) is 0.848. The molecule has 0 atom stereocenters. The van der Waals surface area contributed by atoms with Gasteiger partial charge < -0.3 is 19.3 Å². The van der Waals surface area contributed by atoms with E-state index in [1.807, 2.05) is 11.9 Å². The number of fused-ring (bicyclic) bond motifs is 1. The van der Waals surface area contributed by atoms with Gasteiger partial charge in [-0.25, -0.2) is 4.98 Å². The number of piperazine rings is 1. The molecule has 23 heavy (non-hydrogen) atoms. The van der Waals surface area contributed by atoms with Gasteiger partial charge in [-0.3, -0.25) is 9.59 Å².